The molecule has 0 aromatic rings. The molecule has 1 N–H and O–H groups in total. The maximum Gasteiger partial charge on any atom is 0.305 e. The van der Waals surface area contributed by atoms with E-state index in [-0.39, 0.29) is 5.97 Å². The summed E-state index contributed by atoms with van der Waals surface area (Å²) in [7, 11) is 0. The van der Waals surface area contributed by atoms with Gasteiger partial charge in [0.15, 0.2) is 0 Å². The standard InChI is InChI=1S/C14H29NO2/c1-5-6-12-17-13(16)8-7-10-15-11-9-14(2,3)4/h15H,5-12H2,1-4H3. The Labute approximate surface area is 106 Å². The molecule has 0 aliphatic rings. The number of nitrogens with one attached hydrogen (secondary N) is 1. The van der Waals surface area contributed by atoms with Crippen molar-refractivity contribution in [2.24, 2.45) is 5.41 Å². The molecule has 0 unspecified atom stereocenters. The Bertz CT molecular complexity index is 197. The van der Waals surface area contributed by atoms with Gasteiger partial charge in [0.05, 0.1) is 6.61 Å². The van der Waals surface area contributed by atoms with Crippen LogP contribution in [-0.4, -0.2) is 25.7 Å². The first-order valence-corrected chi connectivity index (χ1v) is 6.82. The Morgan fingerprint density at radius 2 is 1.88 bits per heavy atom. The number of esters is 1. The van der Waals surface area contributed by atoms with E-state index in [4.69, 9.17) is 4.74 Å². The third-order valence-corrected chi connectivity index (χ3v) is 2.55. The molecule has 17 heavy (non-hydrogen) atoms. The zero-order valence-corrected chi connectivity index (χ0v) is 12.0. The topological polar surface area (TPSA) is 38.3 Å². The van der Waals surface area contributed by atoms with Crippen LogP contribution in [0.1, 0.15) is 59.8 Å². The number of carbonyl (C=O) groups excluding carboxylic acids is 1. The van der Waals surface area contributed by atoms with Gasteiger partial charge in [0.2, 0.25) is 0 Å². The molecule has 3 heteroatoms. The largest absolute Gasteiger partial charge is 0.466 e. The molecule has 0 aromatic heterocycles. The lowest BCUT2D eigenvalue weighted by Crippen LogP contribution is -2.22. The van der Waals surface area contributed by atoms with Crippen molar-refractivity contribution in [2.45, 2.75) is 59.8 Å². The van der Waals surface area contributed by atoms with E-state index >= 15 is 0 Å². The van der Waals surface area contributed by atoms with E-state index in [9.17, 15) is 4.79 Å². The lowest BCUT2D eigenvalue weighted by atomic mass is 9.92. The van der Waals surface area contributed by atoms with Crippen LogP contribution in [0.15, 0.2) is 0 Å². The van der Waals surface area contributed by atoms with E-state index in [1.807, 2.05) is 0 Å². The molecule has 0 heterocycles. The molecule has 0 fully saturated rings. The number of rotatable bonds is 9. The van der Waals surface area contributed by atoms with Gasteiger partial charge in [0.1, 0.15) is 0 Å². The quantitative estimate of drug-likeness (QED) is 0.499. The van der Waals surface area contributed by atoms with Crippen LogP contribution in [0, 0.1) is 5.41 Å². The lowest BCUT2D eigenvalue weighted by Gasteiger charge is -2.17. The summed E-state index contributed by atoms with van der Waals surface area (Å²) >= 11 is 0. The minimum absolute atomic E-state index is 0.0592. The molecule has 0 amide bonds. The highest BCUT2D eigenvalue weighted by Crippen LogP contribution is 2.16. The van der Waals surface area contributed by atoms with Crippen LogP contribution in [0.2, 0.25) is 0 Å². The second kappa shape index (κ2) is 9.46. The first-order valence-electron chi connectivity index (χ1n) is 6.82. The smallest absolute Gasteiger partial charge is 0.305 e. The van der Waals surface area contributed by atoms with Crippen molar-refractivity contribution >= 4 is 5.97 Å². The molecule has 0 spiro atoms. The minimum atomic E-state index is -0.0592. The fraction of sp³-hybridized carbons (Fsp3) is 0.929. The Morgan fingerprint density at radius 3 is 2.47 bits per heavy atom. The van der Waals surface area contributed by atoms with Crippen molar-refractivity contribution < 1.29 is 9.53 Å². The van der Waals surface area contributed by atoms with E-state index in [2.05, 4.69) is 33.0 Å². The summed E-state index contributed by atoms with van der Waals surface area (Å²) < 4.78 is 5.08. The van der Waals surface area contributed by atoms with Crippen molar-refractivity contribution in [3.8, 4) is 0 Å². The lowest BCUT2D eigenvalue weighted by molar-refractivity contribution is -0.143. The Morgan fingerprint density at radius 1 is 1.18 bits per heavy atom. The molecule has 0 saturated carbocycles. The van der Waals surface area contributed by atoms with E-state index in [0.29, 0.717) is 18.4 Å². The van der Waals surface area contributed by atoms with E-state index in [1.165, 1.54) is 0 Å². The van der Waals surface area contributed by atoms with E-state index in [1.54, 1.807) is 0 Å². The van der Waals surface area contributed by atoms with Crippen molar-refractivity contribution in [2.75, 3.05) is 19.7 Å². The number of ether oxygens (including phenoxy) is 1. The van der Waals surface area contributed by atoms with Crippen LogP contribution in [0.25, 0.3) is 0 Å². The molecule has 0 bridgehead atoms. The summed E-state index contributed by atoms with van der Waals surface area (Å²) in [4.78, 5) is 11.3. The molecule has 0 atom stereocenters. The molecule has 0 aliphatic carbocycles. The van der Waals surface area contributed by atoms with Crippen molar-refractivity contribution in [3.63, 3.8) is 0 Å². The molecule has 0 rings (SSSR count). The predicted octanol–water partition coefficient (Wildman–Crippen LogP) is 3.14. The summed E-state index contributed by atoms with van der Waals surface area (Å²) in [6.07, 6.45) is 4.60. The third-order valence-electron chi connectivity index (χ3n) is 2.55. The summed E-state index contributed by atoms with van der Waals surface area (Å²) in [5, 5.41) is 3.36. The second-order valence-electron chi connectivity index (χ2n) is 5.74. The molecular weight excluding hydrogens is 214 g/mol. The van der Waals surface area contributed by atoms with Gasteiger partial charge >= 0.3 is 5.97 Å². The second-order valence-corrected chi connectivity index (χ2v) is 5.74. The zero-order chi connectivity index (χ0) is 13.1. The van der Waals surface area contributed by atoms with Gasteiger partial charge in [0.25, 0.3) is 0 Å². The first-order chi connectivity index (χ1) is 7.95. The molecule has 3 nitrogen and oxygen atoms in total. The van der Waals surface area contributed by atoms with Gasteiger partial charge < -0.3 is 10.1 Å². The van der Waals surface area contributed by atoms with Crippen LogP contribution in [-0.2, 0) is 9.53 Å². The van der Waals surface area contributed by atoms with Crippen LogP contribution < -0.4 is 5.32 Å². The van der Waals surface area contributed by atoms with Crippen LogP contribution >= 0.6 is 0 Å². The SMILES string of the molecule is CCCCOC(=O)CCCNCCC(C)(C)C. The predicted molar refractivity (Wildman–Crippen MR) is 72.0 cm³/mol. The van der Waals surface area contributed by atoms with E-state index < -0.39 is 0 Å². The zero-order valence-electron chi connectivity index (χ0n) is 12.0. The molecule has 0 aromatic carbocycles. The highest BCUT2D eigenvalue weighted by Gasteiger charge is 2.08. The number of carbonyl (C=O) groups is 1. The van der Waals surface area contributed by atoms with Gasteiger partial charge in [-0.25, -0.2) is 0 Å². The number of hydrogen-bond donors (Lipinski definition) is 1. The van der Waals surface area contributed by atoms with Crippen molar-refractivity contribution in [1.29, 1.82) is 0 Å². The summed E-state index contributed by atoms with van der Waals surface area (Å²) in [6.45, 7) is 11.3. The van der Waals surface area contributed by atoms with Gasteiger partial charge in [-0.1, -0.05) is 34.1 Å². The molecule has 0 radical (unpaired) electrons. The average molecular weight is 243 g/mol. The molecule has 0 aliphatic heterocycles. The summed E-state index contributed by atoms with van der Waals surface area (Å²) in [5.74, 6) is -0.0592. The average Bonchev–Trinajstić information content (AvgIpc) is 2.22. The molecule has 102 valence electrons. The number of unbranched alkanes of at least 4 members (excludes halogenated alkanes) is 1. The van der Waals surface area contributed by atoms with Crippen LogP contribution in [0.3, 0.4) is 0 Å². The van der Waals surface area contributed by atoms with Gasteiger partial charge in [-0.2, -0.15) is 0 Å². The third kappa shape index (κ3) is 13.4. The normalized spacial score (nSPS) is 11.5. The minimum Gasteiger partial charge on any atom is -0.466 e. The highest BCUT2D eigenvalue weighted by atomic mass is 16.5. The maximum atomic E-state index is 11.3. The summed E-state index contributed by atoms with van der Waals surface area (Å²) in [5.41, 5.74) is 0.381. The fourth-order valence-electron chi connectivity index (χ4n) is 1.35. The monoisotopic (exact) mass is 243 g/mol. The van der Waals surface area contributed by atoms with Crippen molar-refractivity contribution in [1.82, 2.24) is 5.32 Å². The maximum absolute atomic E-state index is 11.3. The highest BCUT2D eigenvalue weighted by molar-refractivity contribution is 5.69. The molecule has 0 saturated heterocycles. The van der Waals surface area contributed by atoms with Crippen LogP contribution in [0.4, 0.5) is 0 Å². The van der Waals surface area contributed by atoms with Crippen molar-refractivity contribution in [3.05, 3.63) is 0 Å². The Kier molecular flexibility index (Phi) is 9.14. The summed E-state index contributed by atoms with van der Waals surface area (Å²) in [6, 6.07) is 0. The first kappa shape index (κ1) is 16.4. The number of hydrogen-bond acceptors (Lipinski definition) is 3. The van der Waals surface area contributed by atoms with Crippen LogP contribution in [0.5, 0.6) is 0 Å². The Hall–Kier alpha value is -0.570. The van der Waals surface area contributed by atoms with Gasteiger partial charge in [-0.05, 0) is 37.8 Å². The molecular formula is C14H29NO2. The van der Waals surface area contributed by atoms with E-state index in [0.717, 1.165) is 38.8 Å². The van der Waals surface area contributed by atoms with Gasteiger partial charge in [-0.15, -0.1) is 0 Å². The fourth-order valence-corrected chi connectivity index (χ4v) is 1.35. The Balaban J connectivity index is 3.25. The van der Waals surface area contributed by atoms with Gasteiger partial charge in [-0.3, -0.25) is 4.79 Å². The van der Waals surface area contributed by atoms with Gasteiger partial charge in [0, 0.05) is 6.42 Å².